The molecule has 3 rings (SSSR count). The van der Waals surface area contributed by atoms with Crippen LogP contribution in [0.5, 0.6) is 0 Å². The van der Waals surface area contributed by atoms with Crippen molar-refractivity contribution >= 4 is 20.1 Å². The van der Waals surface area contributed by atoms with Crippen LogP contribution >= 0.6 is 8.86 Å². The van der Waals surface area contributed by atoms with Gasteiger partial charge in [-0.2, -0.15) is 0 Å². The van der Waals surface area contributed by atoms with Crippen LogP contribution in [0, 0.1) is 0 Å². The van der Waals surface area contributed by atoms with Crippen LogP contribution in [-0.2, 0) is 14.9 Å². The van der Waals surface area contributed by atoms with Crippen molar-refractivity contribution in [1.82, 2.24) is 0 Å². The second-order valence-corrected chi connectivity index (χ2v) is 8.22. The molecule has 0 aliphatic carbocycles. The Kier molecular flexibility index (Phi) is 5.82. The summed E-state index contributed by atoms with van der Waals surface area (Å²) in [5, 5.41) is 0.450. The molecule has 0 amide bonds. The Hall–Kier alpha value is -2.70. The number of benzene rings is 3. The predicted molar refractivity (Wildman–Crippen MR) is 118 cm³/mol. The van der Waals surface area contributed by atoms with Crippen LogP contribution in [0.3, 0.4) is 0 Å². The highest BCUT2D eigenvalue weighted by atomic mass is 31.0. The van der Waals surface area contributed by atoms with Gasteiger partial charge in [0.1, 0.15) is 5.60 Å². The first-order valence-electron chi connectivity index (χ1n) is 9.34. The molecule has 0 saturated heterocycles. The minimum absolute atomic E-state index is 0.374. The number of carbonyl (C=O) groups is 1. The number of ether oxygens (including phenoxy) is 1. The summed E-state index contributed by atoms with van der Waals surface area (Å²) < 4.78 is 5.75. The van der Waals surface area contributed by atoms with Crippen LogP contribution < -0.4 is 0 Å². The van der Waals surface area contributed by atoms with Crippen LogP contribution in [0.25, 0.3) is 0 Å². The molecule has 0 fully saturated rings. The van der Waals surface area contributed by atoms with E-state index in [1.54, 1.807) is 0 Å². The molecular weight excluding hydrogens is 363 g/mol. The maximum atomic E-state index is 13.2. The standard InChI is InChI=1S/C25H25O2P/c1-24(2,3)27-23(26)22(28)25(19-13-7-4-8-14-19,20-15-9-5-10-16-20)21-17-11-6-12-18-21/h4-18,28H,1-3H3. The number of esters is 1. The maximum Gasteiger partial charge on any atom is 0.340 e. The molecule has 3 aromatic rings. The fourth-order valence-electron chi connectivity index (χ4n) is 3.48. The molecule has 0 aromatic heterocycles. The normalized spacial score (nSPS) is 11.7. The number of carbonyl (C=O) groups excluding carboxylic acids is 1. The Bertz CT molecular complexity index is 845. The van der Waals surface area contributed by atoms with E-state index < -0.39 is 11.0 Å². The van der Waals surface area contributed by atoms with Crippen LogP contribution in [0.2, 0.25) is 0 Å². The Morgan fingerprint density at radius 2 is 1.00 bits per heavy atom. The van der Waals surface area contributed by atoms with Crippen LogP contribution in [0.1, 0.15) is 37.5 Å². The molecule has 0 aliphatic rings. The van der Waals surface area contributed by atoms with Gasteiger partial charge in [0.2, 0.25) is 0 Å². The van der Waals surface area contributed by atoms with Gasteiger partial charge in [-0.05, 0) is 37.5 Å². The van der Waals surface area contributed by atoms with Gasteiger partial charge in [0.15, 0.2) is 0 Å². The summed E-state index contributed by atoms with van der Waals surface area (Å²) in [5.74, 6) is -0.374. The van der Waals surface area contributed by atoms with Gasteiger partial charge in [0.05, 0.1) is 10.7 Å². The Morgan fingerprint density at radius 3 is 1.29 bits per heavy atom. The Morgan fingerprint density at radius 1 is 0.679 bits per heavy atom. The molecule has 0 aliphatic heterocycles. The summed E-state index contributed by atoms with van der Waals surface area (Å²) in [4.78, 5) is 13.2. The molecule has 3 heteroatoms. The van der Waals surface area contributed by atoms with Crippen LogP contribution in [0.4, 0.5) is 0 Å². The lowest BCUT2D eigenvalue weighted by molar-refractivity contribution is -0.146. The third-order valence-corrected chi connectivity index (χ3v) is 5.18. The highest BCUT2D eigenvalue weighted by molar-refractivity contribution is 7.26. The highest BCUT2D eigenvalue weighted by Crippen LogP contribution is 2.41. The van der Waals surface area contributed by atoms with E-state index in [0.29, 0.717) is 5.29 Å². The van der Waals surface area contributed by atoms with Gasteiger partial charge in [-0.25, -0.2) is 4.79 Å². The lowest BCUT2D eigenvalue weighted by atomic mass is 9.67. The zero-order chi connectivity index (χ0) is 20.2. The van der Waals surface area contributed by atoms with E-state index in [1.165, 1.54) is 0 Å². The van der Waals surface area contributed by atoms with Gasteiger partial charge in [-0.15, -0.1) is 8.86 Å². The van der Waals surface area contributed by atoms with Crippen molar-refractivity contribution < 1.29 is 9.53 Å². The molecule has 0 radical (unpaired) electrons. The SMILES string of the molecule is CC(C)(C)OC(=O)C(=P)C(c1ccccc1)(c1ccccc1)c1ccccc1. The fourth-order valence-corrected chi connectivity index (χ4v) is 3.96. The fraction of sp³-hybridized carbons (Fsp3) is 0.200. The van der Waals surface area contributed by atoms with Crippen LogP contribution in [0.15, 0.2) is 91.0 Å². The van der Waals surface area contributed by atoms with Crippen molar-refractivity contribution in [3.8, 4) is 0 Å². The smallest absolute Gasteiger partial charge is 0.340 e. The van der Waals surface area contributed by atoms with E-state index in [9.17, 15) is 4.79 Å². The van der Waals surface area contributed by atoms with Gasteiger partial charge in [-0.1, -0.05) is 91.0 Å². The van der Waals surface area contributed by atoms with Crippen molar-refractivity contribution in [2.75, 3.05) is 0 Å². The van der Waals surface area contributed by atoms with Gasteiger partial charge in [-0.3, -0.25) is 0 Å². The second-order valence-electron chi connectivity index (χ2n) is 7.72. The van der Waals surface area contributed by atoms with E-state index >= 15 is 0 Å². The quantitative estimate of drug-likeness (QED) is 0.319. The monoisotopic (exact) mass is 388 g/mol. The van der Waals surface area contributed by atoms with E-state index in [0.717, 1.165) is 16.7 Å². The average Bonchev–Trinajstić information content (AvgIpc) is 2.70. The summed E-state index contributed by atoms with van der Waals surface area (Å²) in [7, 11) is 3.74. The molecule has 3 aromatic carbocycles. The molecule has 28 heavy (non-hydrogen) atoms. The van der Waals surface area contributed by atoms with Crippen molar-refractivity contribution in [3.05, 3.63) is 108 Å². The second kappa shape index (κ2) is 8.12. The van der Waals surface area contributed by atoms with Gasteiger partial charge in [0.25, 0.3) is 0 Å². The first kappa shape index (κ1) is 20.0. The number of rotatable bonds is 5. The summed E-state index contributed by atoms with van der Waals surface area (Å²) in [6.45, 7) is 5.62. The van der Waals surface area contributed by atoms with E-state index in [-0.39, 0.29) is 5.97 Å². The molecular formula is C25H25O2P. The maximum absolute atomic E-state index is 13.2. The molecule has 0 spiro atoms. The highest BCUT2D eigenvalue weighted by Gasteiger charge is 2.43. The predicted octanol–water partition coefficient (Wildman–Crippen LogP) is 5.68. The van der Waals surface area contributed by atoms with Crippen molar-refractivity contribution in [2.24, 2.45) is 0 Å². The lowest BCUT2D eigenvalue weighted by Crippen LogP contribution is -2.44. The first-order chi connectivity index (χ1) is 13.4. The lowest BCUT2D eigenvalue weighted by Gasteiger charge is -2.37. The largest absolute Gasteiger partial charge is 0.456 e. The first-order valence-corrected chi connectivity index (χ1v) is 9.84. The average molecular weight is 388 g/mol. The minimum Gasteiger partial charge on any atom is -0.456 e. The minimum atomic E-state index is -0.816. The molecule has 0 N–H and O–H groups in total. The molecule has 0 bridgehead atoms. The van der Waals surface area contributed by atoms with E-state index in [4.69, 9.17) is 4.74 Å². The molecule has 0 saturated carbocycles. The zero-order valence-corrected chi connectivity index (χ0v) is 17.5. The third kappa shape index (κ3) is 3.93. The zero-order valence-electron chi connectivity index (χ0n) is 16.5. The van der Waals surface area contributed by atoms with Gasteiger partial charge in [0, 0.05) is 0 Å². The Balaban J connectivity index is 2.32. The van der Waals surface area contributed by atoms with E-state index in [1.807, 2.05) is 112 Å². The third-order valence-electron chi connectivity index (χ3n) is 4.60. The summed E-state index contributed by atoms with van der Waals surface area (Å²) in [5.41, 5.74) is 1.56. The molecule has 142 valence electrons. The van der Waals surface area contributed by atoms with Crippen molar-refractivity contribution in [2.45, 2.75) is 31.8 Å². The van der Waals surface area contributed by atoms with E-state index in [2.05, 4.69) is 8.86 Å². The van der Waals surface area contributed by atoms with Gasteiger partial charge >= 0.3 is 5.97 Å². The molecule has 0 atom stereocenters. The van der Waals surface area contributed by atoms with Crippen molar-refractivity contribution in [1.29, 1.82) is 0 Å². The summed E-state index contributed by atoms with van der Waals surface area (Å²) in [6, 6.07) is 30.2. The molecule has 0 unspecified atom stereocenters. The summed E-state index contributed by atoms with van der Waals surface area (Å²) in [6.07, 6.45) is 0. The number of hydrogen-bond acceptors (Lipinski definition) is 2. The Labute approximate surface area is 169 Å². The number of hydrogen-bond donors (Lipinski definition) is 0. The topological polar surface area (TPSA) is 26.3 Å². The molecule has 0 heterocycles. The molecule has 2 nitrogen and oxygen atoms in total. The van der Waals surface area contributed by atoms with Crippen LogP contribution in [-0.4, -0.2) is 16.9 Å². The van der Waals surface area contributed by atoms with Gasteiger partial charge < -0.3 is 4.74 Å². The van der Waals surface area contributed by atoms with Crippen molar-refractivity contribution in [3.63, 3.8) is 0 Å². The summed E-state index contributed by atoms with van der Waals surface area (Å²) >= 11 is 0.